The van der Waals surface area contributed by atoms with Gasteiger partial charge in [-0.2, -0.15) is 0 Å². The fourth-order valence-electron chi connectivity index (χ4n) is 1.35. The molecule has 15 heavy (non-hydrogen) atoms. The van der Waals surface area contributed by atoms with Crippen molar-refractivity contribution in [2.24, 2.45) is 0 Å². The Morgan fingerprint density at radius 3 is 2.33 bits per heavy atom. The van der Waals surface area contributed by atoms with Crippen molar-refractivity contribution in [2.45, 2.75) is 37.5 Å². The summed E-state index contributed by atoms with van der Waals surface area (Å²) in [7, 11) is 0. The molecule has 1 N–H and O–H groups in total. The summed E-state index contributed by atoms with van der Waals surface area (Å²) in [4.78, 5) is 1.33. The van der Waals surface area contributed by atoms with Gasteiger partial charge in [-0.1, -0.05) is 26.0 Å². The van der Waals surface area contributed by atoms with E-state index in [1.807, 2.05) is 11.8 Å². The lowest BCUT2D eigenvalue weighted by atomic mass is 10.0. The molecule has 0 amide bonds. The Balaban J connectivity index is 2.36. The maximum Gasteiger partial charge on any atom is 0.0431 e. The molecule has 0 unspecified atom stereocenters. The fraction of sp³-hybridized carbons (Fsp3) is 0.538. The number of thioether (sulfide) groups is 1. The normalized spacial score (nSPS) is 10.9. The average molecular weight is 224 g/mol. The molecule has 1 rings (SSSR count). The van der Waals surface area contributed by atoms with Crippen LogP contribution in [0.15, 0.2) is 29.2 Å². The van der Waals surface area contributed by atoms with Crippen LogP contribution in [0.2, 0.25) is 0 Å². The Morgan fingerprint density at radius 2 is 1.80 bits per heavy atom. The van der Waals surface area contributed by atoms with Gasteiger partial charge in [0.25, 0.3) is 0 Å². The van der Waals surface area contributed by atoms with Crippen LogP contribution in [0.1, 0.15) is 38.2 Å². The Bertz CT molecular complexity index is 266. The molecule has 0 bridgehead atoms. The zero-order valence-electron chi connectivity index (χ0n) is 9.57. The summed E-state index contributed by atoms with van der Waals surface area (Å²) >= 11 is 1.87. The van der Waals surface area contributed by atoms with Crippen molar-refractivity contribution in [3.8, 4) is 0 Å². The summed E-state index contributed by atoms with van der Waals surface area (Å²) in [6.45, 7) is 4.74. The van der Waals surface area contributed by atoms with E-state index in [0.717, 1.165) is 18.6 Å². The Hall–Kier alpha value is -0.470. The molecule has 0 aliphatic heterocycles. The summed E-state index contributed by atoms with van der Waals surface area (Å²) in [5.74, 6) is 1.71. The average Bonchev–Trinajstić information content (AvgIpc) is 2.25. The van der Waals surface area contributed by atoms with Crippen LogP contribution in [0.3, 0.4) is 0 Å². The van der Waals surface area contributed by atoms with Gasteiger partial charge in [-0.15, -0.1) is 11.8 Å². The molecular formula is C13H20OS. The standard InChI is InChI=1S/C13H20OS/c1-11(2)12-5-7-13(8-6-12)15-10-4-3-9-14/h5-8,11,14H,3-4,9-10H2,1-2H3. The zero-order valence-corrected chi connectivity index (χ0v) is 10.4. The molecule has 0 heterocycles. The van der Waals surface area contributed by atoms with E-state index >= 15 is 0 Å². The van der Waals surface area contributed by atoms with E-state index in [-0.39, 0.29) is 0 Å². The summed E-state index contributed by atoms with van der Waals surface area (Å²) in [5, 5.41) is 8.65. The van der Waals surface area contributed by atoms with Gasteiger partial charge in [0.15, 0.2) is 0 Å². The third-order valence-electron chi connectivity index (χ3n) is 2.37. The summed E-state index contributed by atoms with van der Waals surface area (Å²) < 4.78 is 0. The number of rotatable bonds is 6. The van der Waals surface area contributed by atoms with Crippen molar-refractivity contribution in [3.63, 3.8) is 0 Å². The minimum absolute atomic E-state index is 0.312. The summed E-state index contributed by atoms with van der Waals surface area (Å²) in [6, 6.07) is 8.80. The van der Waals surface area contributed by atoms with Crippen molar-refractivity contribution < 1.29 is 5.11 Å². The predicted octanol–water partition coefficient (Wildman–Crippen LogP) is 3.67. The van der Waals surface area contributed by atoms with Crippen LogP contribution in [-0.2, 0) is 0 Å². The van der Waals surface area contributed by atoms with E-state index in [9.17, 15) is 0 Å². The first-order valence-corrected chi connectivity index (χ1v) is 6.56. The Labute approximate surface area is 96.9 Å². The van der Waals surface area contributed by atoms with Gasteiger partial charge >= 0.3 is 0 Å². The molecule has 0 fully saturated rings. The highest BCUT2D eigenvalue weighted by atomic mass is 32.2. The molecule has 1 nitrogen and oxygen atoms in total. The van der Waals surface area contributed by atoms with Crippen molar-refractivity contribution in [3.05, 3.63) is 29.8 Å². The van der Waals surface area contributed by atoms with Gasteiger partial charge in [-0.05, 0) is 42.2 Å². The summed E-state index contributed by atoms with van der Waals surface area (Å²) in [6.07, 6.45) is 2.00. The van der Waals surface area contributed by atoms with Gasteiger partial charge in [-0.3, -0.25) is 0 Å². The molecule has 1 aromatic carbocycles. The van der Waals surface area contributed by atoms with Crippen LogP contribution in [-0.4, -0.2) is 17.5 Å². The highest BCUT2D eigenvalue weighted by molar-refractivity contribution is 7.99. The van der Waals surface area contributed by atoms with E-state index < -0.39 is 0 Å². The number of aliphatic hydroxyl groups excluding tert-OH is 1. The number of hydrogen-bond acceptors (Lipinski definition) is 2. The second-order valence-corrected chi connectivity index (χ2v) is 5.17. The minimum atomic E-state index is 0.312. The molecular weight excluding hydrogens is 204 g/mol. The molecule has 1 aromatic rings. The van der Waals surface area contributed by atoms with Gasteiger partial charge in [-0.25, -0.2) is 0 Å². The highest BCUT2D eigenvalue weighted by Crippen LogP contribution is 2.22. The minimum Gasteiger partial charge on any atom is -0.396 e. The molecule has 0 radical (unpaired) electrons. The van der Waals surface area contributed by atoms with Gasteiger partial charge in [0.2, 0.25) is 0 Å². The van der Waals surface area contributed by atoms with Crippen molar-refractivity contribution in [2.75, 3.05) is 12.4 Å². The van der Waals surface area contributed by atoms with Crippen LogP contribution < -0.4 is 0 Å². The van der Waals surface area contributed by atoms with Crippen molar-refractivity contribution in [1.82, 2.24) is 0 Å². The molecule has 0 aliphatic rings. The Morgan fingerprint density at radius 1 is 1.13 bits per heavy atom. The molecule has 2 heteroatoms. The monoisotopic (exact) mass is 224 g/mol. The zero-order chi connectivity index (χ0) is 11.1. The molecule has 0 aliphatic carbocycles. The lowest BCUT2D eigenvalue weighted by Gasteiger charge is -2.06. The number of unbranched alkanes of at least 4 members (excludes halogenated alkanes) is 1. The van der Waals surface area contributed by atoms with Crippen LogP contribution in [0.4, 0.5) is 0 Å². The molecule has 0 aromatic heterocycles. The first-order chi connectivity index (χ1) is 7.24. The second kappa shape index (κ2) is 6.91. The smallest absolute Gasteiger partial charge is 0.0431 e. The van der Waals surface area contributed by atoms with E-state index in [1.54, 1.807) is 0 Å². The van der Waals surface area contributed by atoms with E-state index in [1.165, 1.54) is 10.5 Å². The van der Waals surface area contributed by atoms with Gasteiger partial charge in [0.1, 0.15) is 0 Å². The first-order valence-electron chi connectivity index (χ1n) is 5.57. The van der Waals surface area contributed by atoms with Crippen molar-refractivity contribution in [1.29, 1.82) is 0 Å². The topological polar surface area (TPSA) is 20.2 Å². The van der Waals surface area contributed by atoms with Crippen LogP contribution >= 0.6 is 11.8 Å². The Kier molecular flexibility index (Phi) is 5.81. The highest BCUT2D eigenvalue weighted by Gasteiger charge is 1.99. The quantitative estimate of drug-likeness (QED) is 0.587. The number of hydrogen-bond donors (Lipinski definition) is 1. The van der Waals surface area contributed by atoms with Crippen LogP contribution in [0, 0.1) is 0 Å². The number of benzene rings is 1. The van der Waals surface area contributed by atoms with E-state index in [0.29, 0.717) is 12.5 Å². The van der Waals surface area contributed by atoms with E-state index in [2.05, 4.69) is 38.1 Å². The third kappa shape index (κ3) is 4.72. The molecule has 0 atom stereocenters. The first kappa shape index (κ1) is 12.6. The second-order valence-electron chi connectivity index (χ2n) is 4.00. The van der Waals surface area contributed by atoms with Crippen LogP contribution in [0.25, 0.3) is 0 Å². The third-order valence-corrected chi connectivity index (χ3v) is 3.47. The molecule has 0 saturated heterocycles. The molecule has 84 valence electrons. The molecule has 0 spiro atoms. The van der Waals surface area contributed by atoms with Crippen LogP contribution in [0.5, 0.6) is 0 Å². The lowest BCUT2D eigenvalue weighted by molar-refractivity contribution is 0.287. The van der Waals surface area contributed by atoms with Gasteiger partial charge < -0.3 is 5.11 Å². The van der Waals surface area contributed by atoms with Crippen molar-refractivity contribution >= 4 is 11.8 Å². The lowest BCUT2D eigenvalue weighted by Crippen LogP contribution is -1.87. The SMILES string of the molecule is CC(C)c1ccc(SCCCCO)cc1. The summed E-state index contributed by atoms with van der Waals surface area (Å²) in [5.41, 5.74) is 1.40. The largest absolute Gasteiger partial charge is 0.396 e. The number of aliphatic hydroxyl groups is 1. The molecule has 0 saturated carbocycles. The maximum absolute atomic E-state index is 8.65. The van der Waals surface area contributed by atoms with E-state index in [4.69, 9.17) is 5.11 Å². The van der Waals surface area contributed by atoms with Gasteiger partial charge in [0, 0.05) is 11.5 Å². The maximum atomic E-state index is 8.65. The predicted molar refractivity (Wildman–Crippen MR) is 67.6 cm³/mol. The fourth-order valence-corrected chi connectivity index (χ4v) is 2.27. The van der Waals surface area contributed by atoms with Gasteiger partial charge in [0.05, 0.1) is 0 Å².